The van der Waals surface area contributed by atoms with Crippen LogP contribution in [0, 0.1) is 0 Å². The van der Waals surface area contributed by atoms with E-state index in [0.717, 1.165) is 12.0 Å². The van der Waals surface area contributed by atoms with Gasteiger partial charge in [-0.1, -0.05) is 115 Å². The van der Waals surface area contributed by atoms with E-state index in [2.05, 4.69) is 24.2 Å². The molecule has 0 aliphatic carbocycles. The normalized spacial score (nSPS) is 11.7. The molecular weight excluding hydrogens is 372 g/mol. The summed E-state index contributed by atoms with van der Waals surface area (Å²) in [7, 11) is 0. The average molecular weight is 417 g/mol. The molecule has 4 heteroatoms. The van der Waals surface area contributed by atoms with E-state index in [1.54, 1.807) is 0 Å². The number of carboxylic acids is 1. The Labute approximate surface area is 184 Å². The number of nitrogens with zero attached hydrogens (tertiary/aromatic N) is 1. The standard InChI is InChI=1S/C26H44N2O2/c1-2-3-4-5-6-7-8-9-10-11-12-13-14-15-16-23-17-19-24(20-18-23)25(28-27)21-22-26(29)30/h17-20H,2-16,21-22,27H2,1H3,(H,29,30)/b28-25-. The Morgan fingerprint density at radius 1 is 0.767 bits per heavy atom. The van der Waals surface area contributed by atoms with Crippen molar-refractivity contribution in [1.29, 1.82) is 0 Å². The molecule has 0 fully saturated rings. The van der Waals surface area contributed by atoms with Gasteiger partial charge in [0, 0.05) is 6.42 Å². The van der Waals surface area contributed by atoms with Crippen molar-refractivity contribution < 1.29 is 9.90 Å². The topological polar surface area (TPSA) is 75.7 Å². The Morgan fingerprint density at radius 2 is 1.23 bits per heavy atom. The van der Waals surface area contributed by atoms with E-state index in [1.807, 2.05) is 12.1 Å². The number of hydrogen-bond acceptors (Lipinski definition) is 3. The van der Waals surface area contributed by atoms with Crippen LogP contribution in [0.15, 0.2) is 29.4 Å². The lowest BCUT2D eigenvalue weighted by Crippen LogP contribution is -2.07. The van der Waals surface area contributed by atoms with E-state index in [4.69, 9.17) is 10.9 Å². The SMILES string of the molecule is CCCCCCCCCCCCCCCCc1ccc(/C(CCC(=O)O)=N\N)cc1. The Balaban J connectivity index is 2.02. The zero-order valence-electron chi connectivity index (χ0n) is 19.2. The van der Waals surface area contributed by atoms with Gasteiger partial charge in [-0.3, -0.25) is 4.79 Å². The summed E-state index contributed by atoms with van der Waals surface area (Å²) >= 11 is 0. The number of carbonyl (C=O) groups is 1. The number of carboxylic acid groups (broad SMARTS) is 1. The maximum absolute atomic E-state index is 10.7. The summed E-state index contributed by atoms with van der Waals surface area (Å²) in [6.45, 7) is 2.28. The molecule has 0 aliphatic heterocycles. The fourth-order valence-electron chi connectivity index (χ4n) is 3.90. The number of hydrazone groups is 1. The molecule has 1 aromatic carbocycles. The van der Waals surface area contributed by atoms with Crippen molar-refractivity contribution in [2.24, 2.45) is 10.9 Å². The van der Waals surface area contributed by atoms with Crippen LogP contribution in [0.3, 0.4) is 0 Å². The highest BCUT2D eigenvalue weighted by Gasteiger charge is 2.07. The lowest BCUT2D eigenvalue weighted by Gasteiger charge is -2.06. The molecule has 0 radical (unpaired) electrons. The van der Waals surface area contributed by atoms with Gasteiger partial charge in [-0.25, -0.2) is 0 Å². The molecular formula is C26H44N2O2. The summed E-state index contributed by atoms with van der Waals surface area (Å²) in [5, 5.41) is 12.6. The molecule has 1 rings (SSSR count). The van der Waals surface area contributed by atoms with E-state index in [1.165, 1.54) is 95.5 Å². The summed E-state index contributed by atoms with van der Waals surface area (Å²) < 4.78 is 0. The zero-order valence-corrected chi connectivity index (χ0v) is 19.2. The van der Waals surface area contributed by atoms with Gasteiger partial charge in [0.2, 0.25) is 0 Å². The van der Waals surface area contributed by atoms with Crippen molar-refractivity contribution in [3.05, 3.63) is 35.4 Å². The molecule has 0 unspecified atom stereocenters. The Hall–Kier alpha value is -1.84. The van der Waals surface area contributed by atoms with Crippen LogP contribution in [0.5, 0.6) is 0 Å². The Kier molecular flexibility index (Phi) is 15.7. The van der Waals surface area contributed by atoms with E-state index in [9.17, 15) is 4.79 Å². The predicted octanol–water partition coefficient (Wildman–Crippen LogP) is 7.24. The van der Waals surface area contributed by atoms with Gasteiger partial charge in [-0.05, 0) is 24.0 Å². The summed E-state index contributed by atoms with van der Waals surface area (Å²) in [6, 6.07) is 8.24. The second-order valence-corrected chi connectivity index (χ2v) is 8.51. The van der Waals surface area contributed by atoms with Crippen LogP contribution in [-0.2, 0) is 11.2 Å². The molecule has 0 saturated heterocycles. The van der Waals surface area contributed by atoms with Crippen LogP contribution >= 0.6 is 0 Å². The van der Waals surface area contributed by atoms with Crippen LogP contribution in [0.2, 0.25) is 0 Å². The number of benzene rings is 1. The van der Waals surface area contributed by atoms with Crippen molar-refractivity contribution in [3.8, 4) is 0 Å². The number of nitrogens with two attached hydrogens (primary N) is 1. The number of aryl methyl sites for hydroxylation is 1. The molecule has 0 spiro atoms. The first kappa shape index (κ1) is 26.2. The first-order chi connectivity index (χ1) is 14.7. The zero-order chi connectivity index (χ0) is 21.9. The van der Waals surface area contributed by atoms with E-state index in [0.29, 0.717) is 12.1 Å². The molecule has 0 amide bonds. The Morgan fingerprint density at radius 3 is 1.67 bits per heavy atom. The minimum atomic E-state index is -0.828. The molecule has 1 aromatic rings. The number of rotatable bonds is 19. The number of unbranched alkanes of at least 4 members (excludes halogenated alkanes) is 13. The van der Waals surface area contributed by atoms with Crippen molar-refractivity contribution >= 4 is 11.7 Å². The highest BCUT2D eigenvalue weighted by atomic mass is 16.4. The van der Waals surface area contributed by atoms with Crippen molar-refractivity contribution in [2.75, 3.05) is 0 Å². The molecule has 3 N–H and O–H groups in total. The smallest absolute Gasteiger partial charge is 0.303 e. The van der Waals surface area contributed by atoms with Crippen LogP contribution in [0.1, 0.15) is 121 Å². The summed E-state index contributed by atoms with van der Waals surface area (Å²) in [5.74, 6) is 4.59. The molecule has 0 aromatic heterocycles. The van der Waals surface area contributed by atoms with Gasteiger partial charge in [0.15, 0.2) is 0 Å². The van der Waals surface area contributed by atoms with Crippen molar-refractivity contribution in [3.63, 3.8) is 0 Å². The summed E-state index contributed by atoms with van der Waals surface area (Å²) in [6.07, 6.45) is 20.9. The molecule has 170 valence electrons. The molecule has 4 nitrogen and oxygen atoms in total. The third kappa shape index (κ3) is 13.4. The third-order valence-corrected chi connectivity index (χ3v) is 5.84. The van der Waals surface area contributed by atoms with Gasteiger partial charge in [-0.15, -0.1) is 0 Å². The quantitative estimate of drug-likeness (QED) is 0.108. The fraction of sp³-hybridized carbons (Fsp3) is 0.692. The molecule has 30 heavy (non-hydrogen) atoms. The summed E-state index contributed by atoms with van der Waals surface area (Å²) in [4.78, 5) is 10.7. The van der Waals surface area contributed by atoms with Gasteiger partial charge >= 0.3 is 5.97 Å². The van der Waals surface area contributed by atoms with E-state index < -0.39 is 5.97 Å². The molecule has 0 atom stereocenters. The minimum absolute atomic E-state index is 0.0524. The first-order valence-electron chi connectivity index (χ1n) is 12.2. The minimum Gasteiger partial charge on any atom is -0.481 e. The monoisotopic (exact) mass is 416 g/mol. The van der Waals surface area contributed by atoms with Gasteiger partial charge < -0.3 is 10.9 Å². The second-order valence-electron chi connectivity index (χ2n) is 8.51. The highest BCUT2D eigenvalue weighted by molar-refractivity contribution is 6.01. The largest absolute Gasteiger partial charge is 0.481 e. The molecule has 0 heterocycles. The third-order valence-electron chi connectivity index (χ3n) is 5.84. The number of hydrogen-bond donors (Lipinski definition) is 2. The fourth-order valence-corrected chi connectivity index (χ4v) is 3.90. The lowest BCUT2D eigenvalue weighted by atomic mass is 10.0. The first-order valence-corrected chi connectivity index (χ1v) is 12.2. The second kappa shape index (κ2) is 18.0. The maximum atomic E-state index is 10.7. The molecule has 0 aliphatic rings. The summed E-state index contributed by atoms with van der Waals surface area (Å²) in [5.41, 5.74) is 2.90. The van der Waals surface area contributed by atoms with Crippen LogP contribution in [0.25, 0.3) is 0 Å². The Bertz CT molecular complexity index is 581. The highest BCUT2D eigenvalue weighted by Crippen LogP contribution is 2.15. The lowest BCUT2D eigenvalue weighted by molar-refractivity contribution is -0.136. The molecule has 0 bridgehead atoms. The van der Waals surface area contributed by atoms with Crippen molar-refractivity contribution in [1.82, 2.24) is 0 Å². The average Bonchev–Trinajstić information content (AvgIpc) is 2.75. The number of aliphatic carboxylic acids is 1. The van der Waals surface area contributed by atoms with Crippen molar-refractivity contribution in [2.45, 2.75) is 116 Å². The van der Waals surface area contributed by atoms with Crippen LogP contribution in [-0.4, -0.2) is 16.8 Å². The van der Waals surface area contributed by atoms with Gasteiger partial charge in [0.25, 0.3) is 0 Å². The molecule has 0 saturated carbocycles. The maximum Gasteiger partial charge on any atom is 0.303 e. The van der Waals surface area contributed by atoms with Gasteiger partial charge in [0.05, 0.1) is 12.1 Å². The predicted molar refractivity (Wildman–Crippen MR) is 128 cm³/mol. The van der Waals surface area contributed by atoms with Gasteiger partial charge in [0.1, 0.15) is 0 Å². The van der Waals surface area contributed by atoms with E-state index in [-0.39, 0.29) is 6.42 Å². The van der Waals surface area contributed by atoms with Crippen LogP contribution in [0.4, 0.5) is 0 Å². The van der Waals surface area contributed by atoms with Gasteiger partial charge in [-0.2, -0.15) is 5.10 Å². The van der Waals surface area contributed by atoms with E-state index >= 15 is 0 Å². The van der Waals surface area contributed by atoms with Crippen LogP contribution < -0.4 is 5.84 Å².